The molecule has 0 N–H and O–H groups in total. The van der Waals surface area contributed by atoms with E-state index in [1.54, 1.807) is 29.5 Å². The molecule has 2 unspecified atom stereocenters. The van der Waals surface area contributed by atoms with E-state index in [1.165, 1.54) is 85.1 Å². The molecule has 0 amide bonds. The quantitative estimate of drug-likeness (QED) is 0.209. The largest absolute Gasteiger partial charge is 0.289 e. The molecule has 2 aromatic heterocycles. The Morgan fingerprint density at radius 1 is 0.795 bits per heavy atom. The standard InChI is InChI=1S/C35H42O2S2/c1-5-9-13-23(7-3)21-35(22-24(8-4)14-10-6-2)28-17-18-38-33(28)34-29(35)20-31(39-34)27-19-30(36)25-15-11-12-16-26(25)32(27)37/h11-12,15-20,23-24H,5-10,13-14,21-22H2,1-4H3. The maximum atomic E-state index is 13.6. The second kappa shape index (κ2) is 12.1. The lowest BCUT2D eigenvalue weighted by Crippen LogP contribution is -2.31. The van der Waals surface area contributed by atoms with Crippen molar-refractivity contribution < 1.29 is 9.59 Å². The number of thiophene rings is 2. The molecule has 1 aromatic carbocycles. The first-order valence-electron chi connectivity index (χ1n) is 15.1. The molecule has 3 aromatic rings. The van der Waals surface area contributed by atoms with Gasteiger partial charge in [-0.3, -0.25) is 9.59 Å². The number of hydrogen-bond donors (Lipinski definition) is 0. The molecule has 0 bridgehead atoms. The molecule has 4 heteroatoms. The van der Waals surface area contributed by atoms with Gasteiger partial charge in [0.1, 0.15) is 0 Å². The number of carbonyl (C=O) groups excluding carboxylic acids is 2. The van der Waals surface area contributed by atoms with Crippen molar-refractivity contribution in [2.24, 2.45) is 11.8 Å². The van der Waals surface area contributed by atoms with Crippen molar-refractivity contribution in [3.8, 4) is 9.75 Å². The highest BCUT2D eigenvalue weighted by molar-refractivity contribution is 7.22. The van der Waals surface area contributed by atoms with Gasteiger partial charge in [0.2, 0.25) is 0 Å². The molecule has 0 aliphatic heterocycles. The number of fused-ring (bicyclic) bond motifs is 4. The Hall–Kier alpha value is -2.30. The van der Waals surface area contributed by atoms with E-state index in [1.807, 2.05) is 23.5 Å². The maximum Gasteiger partial charge on any atom is 0.195 e. The van der Waals surface area contributed by atoms with Crippen molar-refractivity contribution in [1.82, 2.24) is 0 Å². The fourth-order valence-electron chi connectivity index (χ4n) is 6.95. The van der Waals surface area contributed by atoms with E-state index in [9.17, 15) is 9.59 Å². The van der Waals surface area contributed by atoms with Crippen molar-refractivity contribution in [3.63, 3.8) is 0 Å². The third kappa shape index (κ3) is 5.15. The summed E-state index contributed by atoms with van der Waals surface area (Å²) in [7, 11) is 0. The molecule has 206 valence electrons. The Labute approximate surface area is 242 Å². The van der Waals surface area contributed by atoms with E-state index in [2.05, 4.69) is 45.2 Å². The number of ketones is 2. The summed E-state index contributed by atoms with van der Waals surface area (Å²) in [6.07, 6.45) is 13.9. The number of benzene rings is 1. The van der Waals surface area contributed by atoms with Crippen LogP contribution in [-0.4, -0.2) is 11.6 Å². The zero-order chi connectivity index (χ0) is 27.6. The Bertz CT molecular complexity index is 1350. The van der Waals surface area contributed by atoms with Gasteiger partial charge in [-0.15, -0.1) is 22.7 Å². The van der Waals surface area contributed by atoms with Crippen molar-refractivity contribution >= 4 is 39.8 Å². The van der Waals surface area contributed by atoms with Gasteiger partial charge in [0.25, 0.3) is 0 Å². The highest BCUT2D eigenvalue weighted by Crippen LogP contribution is 2.61. The monoisotopic (exact) mass is 558 g/mol. The third-order valence-electron chi connectivity index (χ3n) is 9.22. The Balaban J connectivity index is 1.62. The predicted molar refractivity (Wildman–Crippen MR) is 167 cm³/mol. The molecule has 0 saturated heterocycles. The van der Waals surface area contributed by atoms with E-state index < -0.39 is 0 Å². The van der Waals surface area contributed by atoms with E-state index in [4.69, 9.17) is 0 Å². The zero-order valence-corrected chi connectivity index (χ0v) is 25.6. The topological polar surface area (TPSA) is 34.1 Å². The zero-order valence-electron chi connectivity index (χ0n) is 24.0. The number of rotatable bonds is 13. The first-order valence-corrected chi connectivity index (χ1v) is 16.8. The molecule has 2 atom stereocenters. The van der Waals surface area contributed by atoms with Crippen molar-refractivity contribution in [2.45, 2.75) is 97.3 Å². The number of hydrogen-bond acceptors (Lipinski definition) is 4. The minimum absolute atomic E-state index is 0.0115. The lowest BCUT2D eigenvalue weighted by atomic mass is 9.65. The van der Waals surface area contributed by atoms with E-state index >= 15 is 0 Å². The fraction of sp³-hybridized carbons (Fsp3) is 0.486. The van der Waals surface area contributed by atoms with Crippen LogP contribution in [0.25, 0.3) is 15.3 Å². The fourth-order valence-corrected chi connectivity index (χ4v) is 9.39. The van der Waals surface area contributed by atoms with Crippen LogP contribution in [0.1, 0.15) is 129 Å². The summed E-state index contributed by atoms with van der Waals surface area (Å²) < 4.78 is 0. The van der Waals surface area contributed by atoms with Crippen LogP contribution in [0, 0.1) is 11.8 Å². The highest BCUT2D eigenvalue weighted by atomic mass is 32.1. The van der Waals surface area contributed by atoms with Gasteiger partial charge in [-0.05, 0) is 59.4 Å². The van der Waals surface area contributed by atoms with Crippen LogP contribution >= 0.6 is 22.7 Å². The van der Waals surface area contributed by atoms with Crippen LogP contribution in [0.15, 0.2) is 47.9 Å². The molecule has 2 aliphatic rings. The Kier molecular flexibility index (Phi) is 8.73. The van der Waals surface area contributed by atoms with Crippen LogP contribution in [0.3, 0.4) is 0 Å². The van der Waals surface area contributed by atoms with Crippen molar-refractivity contribution in [3.05, 3.63) is 75.0 Å². The van der Waals surface area contributed by atoms with Crippen LogP contribution in [0.5, 0.6) is 0 Å². The van der Waals surface area contributed by atoms with E-state index in [0.717, 1.165) is 4.88 Å². The van der Waals surface area contributed by atoms with E-state index in [0.29, 0.717) is 28.5 Å². The third-order valence-corrected chi connectivity index (χ3v) is 11.5. The average molecular weight is 559 g/mol. The van der Waals surface area contributed by atoms with Gasteiger partial charge in [-0.2, -0.15) is 0 Å². The summed E-state index contributed by atoms with van der Waals surface area (Å²) in [6, 6.07) is 12.0. The Morgan fingerprint density at radius 2 is 1.44 bits per heavy atom. The van der Waals surface area contributed by atoms with Crippen molar-refractivity contribution in [2.75, 3.05) is 0 Å². The molecule has 2 aliphatic carbocycles. The number of allylic oxidation sites excluding steroid dienone is 2. The van der Waals surface area contributed by atoms with Gasteiger partial charge in [-0.1, -0.05) is 103 Å². The SMILES string of the molecule is CCCCC(CC)CC1(CC(CC)CCCC)c2ccsc2-c2sc(C3=CC(=O)c4ccccc4C3=O)cc21. The molecule has 2 nitrogen and oxygen atoms in total. The van der Waals surface area contributed by atoms with Gasteiger partial charge in [0, 0.05) is 36.7 Å². The number of unbranched alkanes of at least 4 members (excludes halogenated alkanes) is 2. The first kappa shape index (κ1) is 28.2. The highest BCUT2D eigenvalue weighted by Gasteiger charge is 2.47. The normalized spacial score (nSPS) is 19.4. The maximum absolute atomic E-state index is 13.6. The van der Waals surface area contributed by atoms with Crippen molar-refractivity contribution in [1.29, 1.82) is 0 Å². The summed E-state index contributed by atoms with van der Waals surface area (Å²) in [5, 5.41) is 2.27. The van der Waals surface area contributed by atoms with Gasteiger partial charge in [0.15, 0.2) is 11.6 Å². The second-order valence-corrected chi connectivity index (χ2v) is 13.6. The summed E-state index contributed by atoms with van der Waals surface area (Å²) >= 11 is 3.58. The predicted octanol–water partition coefficient (Wildman–Crippen LogP) is 10.8. The molecule has 0 saturated carbocycles. The number of carbonyl (C=O) groups is 2. The first-order chi connectivity index (χ1) is 19.0. The molecular weight excluding hydrogens is 517 g/mol. The lowest BCUT2D eigenvalue weighted by molar-refractivity contribution is 0.100. The number of Topliss-reactive ketones (excluding diaryl/α,β-unsaturated/α-hetero) is 1. The van der Waals surface area contributed by atoms with Gasteiger partial charge in [-0.25, -0.2) is 0 Å². The van der Waals surface area contributed by atoms with E-state index in [-0.39, 0.29) is 17.0 Å². The Morgan fingerprint density at radius 3 is 2.05 bits per heavy atom. The molecule has 0 spiro atoms. The summed E-state index contributed by atoms with van der Waals surface area (Å²) in [4.78, 5) is 30.3. The minimum atomic E-state index is -0.0620. The second-order valence-electron chi connectivity index (χ2n) is 11.6. The lowest BCUT2D eigenvalue weighted by Gasteiger charge is -2.37. The van der Waals surface area contributed by atoms with Crippen LogP contribution in [0.4, 0.5) is 0 Å². The molecule has 2 heterocycles. The summed E-state index contributed by atoms with van der Waals surface area (Å²) in [6.45, 7) is 9.32. The van der Waals surface area contributed by atoms with Crippen LogP contribution < -0.4 is 0 Å². The smallest absolute Gasteiger partial charge is 0.195 e. The average Bonchev–Trinajstić information content (AvgIpc) is 3.66. The summed E-state index contributed by atoms with van der Waals surface area (Å²) in [5.41, 5.74) is 4.56. The van der Waals surface area contributed by atoms with Crippen LogP contribution in [-0.2, 0) is 5.41 Å². The molecule has 0 fully saturated rings. The van der Waals surface area contributed by atoms with Gasteiger partial charge >= 0.3 is 0 Å². The van der Waals surface area contributed by atoms with Gasteiger partial charge in [0.05, 0.1) is 0 Å². The van der Waals surface area contributed by atoms with Crippen LogP contribution in [0.2, 0.25) is 0 Å². The minimum Gasteiger partial charge on any atom is -0.289 e. The molecule has 39 heavy (non-hydrogen) atoms. The van der Waals surface area contributed by atoms with Gasteiger partial charge < -0.3 is 0 Å². The molecule has 0 radical (unpaired) electrons. The summed E-state index contributed by atoms with van der Waals surface area (Å²) in [5.74, 6) is 1.28. The molecular formula is C35H42O2S2. The molecule has 5 rings (SSSR count).